The van der Waals surface area contributed by atoms with Crippen molar-refractivity contribution in [2.75, 3.05) is 26.3 Å². The lowest BCUT2D eigenvalue weighted by atomic mass is 9.72. The van der Waals surface area contributed by atoms with E-state index in [1.807, 2.05) is 0 Å². The molecular weight excluding hydrogens is 318 g/mol. The Kier molecular flexibility index (Phi) is 4.56. The highest BCUT2D eigenvalue weighted by Crippen LogP contribution is 2.50. The monoisotopic (exact) mass is 347 g/mol. The third-order valence-electron chi connectivity index (χ3n) is 6.40. The van der Waals surface area contributed by atoms with Gasteiger partial charge < -0.3 is 14.1 Å². The second-order valence-corrected chi connectivity index (χ2v) is 8.36. The molecule has 1 spiro atoms. The molecule has 1 aromatic rings. The molecule has 25 heavy (non-hydrogen) atoms. The lowest BCUT2D eigenvalue weighted by Crippen LogP contribution is -2.38. The van der Waals surface area contributed by atoms with Gasteiger partial charge in [0.2, 0.25) is 17.7 Å². The Hall–Kier alpha value is -1.43. The van der Waals surface area contributed by atoms with Crippen LogP contribution in [0, 0.1) is 11.3 Å². The molecule has 3 aliphatic rings. The van der Waals surface area contributed by atoms with Crippen molar-refractivity contribution in [3.8, 4) is 0 Å². The van der Waals surface area contributed by atoms with Crippen molar-refractivity contribution < 1.29 is 13.9 Å². The Morgan fingerprint density at radius 1 is 1.20 bits per heavy atom. The van der Waals surface area contributed by atoms with Crippen molar-refractivity contribution in [1.29, 1.82) is 0 Å². The van der Waals surface area contributed by atoms with Gasteiger partial charge in [0.25, 0.3) is 0 Å². The number of carbonyl (C=O) groups excluding carboxylic acids is 1. The van der Waals surface area contributed by atoms with Gasteiger partial charge in [0.1, 0.15) is 0 Å². The average Bonchev–Trinajstić information content (AvgIpc) is 3.35. The normalized spacial score (nSPS) is 26.8. The first-order chi connectivity index (χ1) is 12.1. The van der Waals surface area contributed by atoms with E-state index in [1.54, 1.807) is 0 Å². The number of carbonyl (C=O) groups is 1. The number of hydrogen-bond donors (Lipinski definition) is 0. The number of likely N-dealkylation sites (tertiary alicyclic amines) is 1. The van der Waals surface area contributed by atoms with Crippen LogP contribution in [0.15, 0.2) is 4.42 Å². The molecule has 6 nitrogen and oxygen atoms in total. The minimum Gasteiger partial charge on any atom is -0.425 e. The minimum atomic E-state index is 0.0350. The maximum atomic E-state index is 13.0. The van der Waals surface area contributed by atoms with E-state index in [2.05, 4.69) is 28.9 Å². The van der Waals surface area contributed by atoms with Gasteiger partial charge in [0.15, 0.2) is 0 Å². The molecule has 0 bridgehead atoms. The number of hydrogen-bond acceptors (Lipinski definition) is 5. The van der Waals surface area contributed by atoms with E-state index >= 15 is 0 Å². The van der Waals surface area contributed by atoms with Gasteiger partial charge in [-0.05, 0) is 25.7 Å². The lowest BCUT2D eigenvalue weighted by molar-refractivity contribution is -0.135. The molecule has 2 saturated heterocycles. The van der Waals surface area contributed by atoms with E-state index in [9.17, 15) is 4.79 Å². The van der Waals surface area contributed by atoms with Gasteiger partial charge in [-0.3, -0.25) is 4.79 Å². The smallest absolute Gasteiger partial charge is 0.225 e. The standard InChI is InChI=1S/C19H29N3O3/c1-13(2)16-20-21-17(25-16)15-11-22(18(23)14-5-3-4-6-14)12-19(15)7-9-24-10-8-19/h13-15H,3-12H2,1-2H3. The van der Waals surface area contributed by atoms with E-state index in [-0.39, 0.29) is 23.2 Å². The van der Waals surface area contributed by atoms with Gasteiger partial charge in [0, 0.05) is 43.6 Å². The quantitative estimate of drug-likeness (QED) is 0.840. The Balaban J connectivity index is 1.59. The van der Waals surface area contributed by atoms with Crippen molar-refractivity contribution in [2.24, 2.45) is 11.3 Å². The second-order valence-electron chi connectivity index (χ2n) is 8.36. The van der Waals surface area contributed by atoms with Gasteiger partial charge in [-0.15, -0.1) is 10.2 Å². The van der Waals surface area contributed by atoms with Crippen LogP contribution in [0.4, 0.5) is 0 Å². The fourth-order valence-corrected chi connectivity index (χ4v) is 4.81. The number of rotatable bonds is 3. The van der Waals surface area contributed by atoms with Crippen molar-refractivity contribution in [3.63, 3.8) is 0 Å². The Morgan fingerprint density at radius 2 is 1.92 bits per heavy atom. The van der Waals surface area contributed by atoms with Gasteiger partial charge in [-0.25, -0.2) is 0 Å². The first kappa shape index (κ1) is 17.0. The molecule has 1 aromatic heterocycles. The third-order valence-corrected chi connectivity index (χ3v) is 6.40. The van der Waals surface area contributed by atoms with Crippen LogP contribution in [0.2, 0.25) is 0 Å². The summed E-state index contributed by atoms with van der Waals surface area (Å²) in [5.74, 6) is 2.34. The highest BCUT2D eigenvalue weighted by atomic mass is 16.5. The average molecular weight is 347 g/mol. The van der Waals surface area contributed by atoms with Crippen LogP contribution in [-0.4, -0.2) is 47.3 Å². The molecule has 1 atom stereocenters. The van der Waals surface area contributed by atoms with Crippen LogP contribution in [0.3, 0.4) is 0 Å². The second kappa shape index (κ2) is 6.71. The zero-order chi connectivity index (χ0) is 17.4. The van der Waals surface area contributed by atoms with Crippen molar-refractivity contribution in [3.05, 3.63) is 11.8 Å². The fourth-order valence-electron chi connectivity index (χ4n) is 4.81. The molecule has 3 fully saturated rings. The van der Waals surface area contributed by atoms with Gasteiger partial charge in [-0.1, -0.05) is 26.7 Å². The van der Waals surface area contributed by atoms with Crippen LogP contribution in [0.25, 0.3) is 0 Å². The Bertz CT molecular complexity index is 615. The molecule has 2 aliphatic heterocycles. The highest BCUT2D eigenvalue weighted by Gasteiger charge is 2.52. The molecule has 0 N–H and O–H groups in total. The molecule has 1 amide bonds. The minimum absolute atomic E-state index is 0.0350. The number of nitrogens with zero attached hydrogens (tertiary/aromatic N) is 3. The molecule has 3 heterocycles. The molecule has 4 rings (SSSR count). The molecule has 6 heteroatoms. The summed E-state index contributed by atoms with van der Waals surface area (Å²) in [4.78, 5) is 15.1. The van der Waals surface area contributed by atoms with Crippen LogP contribution < -0.4 is 0 Å². The van der Waals surface area contributed by atoms with E-state index in [0.717, 1.165) is 52.0 Å². The zero-order valence-corrected chi connectivity index (χ0v) is 15.4. The molecule has 0 radical (unpaired) electrons. The van der Waals surface area contributed by atoms with E-state index < -0.39 is 0 Å². The lowest BCUT2D eigenvalue weighted by Gasteiger charge is -2.36. The Labute approximate surface area is 149 Å². The summed E-state index contributed by atoms with van der Waals surface area (Å²) in [6.45, 7) is 7.17. The van der Waals surface area contributed by atoms with Crippen molar-refractivity contribution in [1.82, 2.24) is 15.1 Å². The Morgan fingerprint density at radius 3 is 2.56 bits per heavy atom. The maximum absolute atomic E-state index is 13.0. The summed E-state index contributed by atoms with van der Waals surface area (Å²) in [5.41, 5.74) is 0.0350. The summed E-state index contributed by atoms with van der Waals surface area (Å²) in [6, 6.07) is 0. The molecule has 1 saturated carbocycles. The van der Waals surface area contributed by atoms with Gasteiger partial charge in [0.05, 0.1) is 5.92 Å². The summed E-state index contributed by atoms with van der Waals surface area (Å²) in [6.07, 6.45) is 6.40. The summed E-state index contributed by atoms with van der Waals surface area (Å²) < 4.78 is 11.6. The predicted molar refractivity (Wildman–Crippen MR) is 92.2 cm³/mol. The summed E-state index contributed by atoms with van der Waals surface area (Å²) in [5, 5.41) is 8.60. The number of aromatic nitrogens is 2. The van der Waals surface area contributed by atoms with E-state index in [4.69, 9.17) is 9.15 Å². The first-order valence-corrected chi connectivity index (χ1v) is 9.79. The molecule has 138 valence electrons. The van der Waals surface area contributed by atoms with Gasteiger partial charge in [-0.2, -0.15) is 0 Å². The summed E-state index contributed by atoms with van der Waals surface area (Å²) in [7, 11) is 0. The van der Waals surface area contributed by atoms with E-state index in [0.29, 0.717) is 17.7 Å². The third kappa shape index (κ3) is 3.09. The topological polar surface area (TPSA) is 68.5 Å². The van der Waals surface area contributed by atoms with Crippen molar-refractivity contribution in [2.45, 2.75) is 64.2 Å². The van der Waals surface area contributed by atoms with Gasteiger partial charge >= 0.3 is 0 Å². The molecule has 1 aliphatic carbocycles. The maximum Gasteiger partial charge on any atom is 0.225 e. The van der Waals surface area contributed by atoms with Crippen LogP contribution in [-0.2, 0) is 9.53 Å². The first-order valence-electron chi connectivity index (χ1n) is 9.79. The van der Waals surface area contributed by atoms with Crippen LogP contribution in [0.1, 0.15) is 76.0 Å². The SMILES string of the molecule is CC(C)c1nnc(C2CN(C(=O)C3CCCC3)CC23CCOCC3)o1. The number of amides is 1. The molecular formula is C19H29N3O3. The highest BCUT2D eigenvalue weighted by molar-refractivity contribution is 5.79. The summed E-state index contributed by atoms with van der Waals surface area (Å²) >= 11 is 0. The van der Waals surface area contributed by atoms with E-state index in [1.165, 1.54) is 12.8 Å². The largest absolute Gasteiger partial charge is 0.425 e. The molecule has 1 unspecified atom stereocenters. The van der Waals surface area contributed by atoms with Crippen LogP contribution in [0.5, 0.6) is 0 Å². The van der Waals surface area contributed by atoms with Crippen LogP contribution >= 0.6 is 0 Å². The number of ether oxygens (including phenoxy) is 1. The predicted octanol–water partition coefficient (Wildman–Crippen LogP) is 3.11. The zero-order valence-electron chi connectivity index (χ0n) is 15.4. The van der Waals surface area contributed by atoms with Crippen molar-refractivity contribution >= 4 is 5.91 Å². The fraction of sp³-hybridized carbons (Fsp3) is 0.842. The molecule has 0 aromatic carbocycles.